The standard InChI is InChI=1S/C12H8F2O2/c1-7-2-9(6-16-7)12(15)8-3-10(13)5-11(14)4-8/h2-6H,1H3. The van der Waals surface area contributed by atoms with Crippen LogP contribution in [0.3, 0.4) is 0 Å². The molecule has 2 aromatic rings. The van der Waals surface area contributed by atoms with Gasteiger partial charge in [-0.2, -0.15) is 0 Å². The Morgan fingerprint density at radius 1 is 1.06 bits per heavy atom. The third-order valence-electron chi connectivity index (χ3n) is 2.12. The molecule has 0 saturated carbocycles. The third kappa shape index (κ3) is 2.00. The summed E-state index contributed by atoms with van der Waals surface area (Å²) in [5, 5.41) is 0. The van der Waals surface area contributed by atoms with Crippen molar-refractivity contribution in [2.24, 2.45) is 0 Å². The topological polar surface area (TPSA) is 30.2 Å². The van der Waals surface area contributed by atoms with E-state index in [0.717, 1.165) is 18.2 Å². The van der Waals surface area contributed by atoms with E-state index in [9.17, 15) is 13.6 Å². The number of benzene rings is 1. The zero-order valence-electron chi connectivity index (χ0n) is 8.46. The molecule has 0 saturated heterocycles. The van der Waals surface area contributed by atoms with Crippen LogP contribution in [-0.4, -0.2) is 5.78 Å². The highest BCUT2D eigenvalue weighted by atomic mass is 19.1. The maximum atomic E-state index is 12.9. The summed E-state index contributed by atoms with van der Waals surface area (Å²) in [6.07, 6.45) is 1.26. The van der Waals surface area contributed by atoms with Crippen LogP contribution < -0.4 is 0 Å². The van der Waals surface area contributed by atoms with Crippen molar-refractivity contribution in [3.05, 3.63) is 59.1 Å². The number of halogens is 2. The summed E-state index contributed by atoms with van der Waals surface area (Å²) < 4.78 is 30.7. The maximum absolute atomic E-state index is 12.9. The third-order valence-corrected chi connectivity index (χ3v) is 2.12. The fourth-order valence-corrected chi connectivity index (χ4v) is 1.41. The van der Waals surface area contributed by atoms with Gasteiger partial charge in [-0.15, -0.1) is 0 Å². The van der Waals surface area contributed by atoms with Gasteiger partial charge in [0.05, 0.1) is 5.56 Å². The number of carbonyl (C=O) groups excluding carboxylic acids is 1. The Bertz CT molecular complexity index is 523. The van der Waals surface area contributed by atoms with Crippen molar-refractivity contribution in [3.8, 4) is 0 Å². The summed E-state index contributed by atoms with van der Waals surface area (Å²) in [6.45, 7) is 1.68. The van der Waals surface area contributed by atoms with Crippen molar-refractivity contribution < 1.29 is 18.0 Å². The first-order valence-corrected chi connectivity index (χ1v) is 4.62. The number of ketones is 1. The van der Waals surface area contributed by atoms with E-state index in [1.165, 1.54) is 12.3 Å². The second kappa shape index (κ2) is 3.89. The Kier molecular flexibility index (Phi) is 2.56. The first-order chi connectivity index (χ1) is 7.56. The molecule has 0 aliphatic rings. The Hall–Kier alpha value is -1.97. The quantitative estimate of drug-likeness (QED) is 0.731. The Balaban J connectivity index is 2.41. The van der Waals surface area contributed by atoms with Crippen LogP contribution in [0, 0.1) is 18.6 Å². The number of carbonyl (C=O) groups is 1. The molecule has 1 aromatic heterocycles. The second-order valence-corrected chi connectivity index (χ2v) is 3.43. The van der Waals surface area contributed by atoms with Gasteiger partial charge in [0.1, 0.15) is 23.7 Å². The zero-order valence-corrected chi connectivity index (χ0v) is 8.46. The van der Waals surface area contributed by atoms with Gasteiger partial charge in [-0.1, -0.05) is 0 Å². The van der Waals surface area contributed by atoms with Crippen LogP contribution in [-0.2, 0) is 0 Å². The Morgan fingerprint density at radius 2 is 1.69 bits per heavy atom. The largest absolute Gasteiger partial charge is 0.469 e. The summed E-state index contributed by atoms with van der Waals surface area (Å²) in [7, 11) is 0. The van der Waals surface area contributed by atoms with Gasteiger partial charge in [0.15, 0.2) is 5.78 Å². The molecule has 4 heteroatoms. The number of hydrogen-bond donors (Lipinski definition) is 0. The lowest BCUT2D eigenvalue weighted by Crippen LogP contribution is -2.01. The summed E-state index contributed by atoms with van der Waals surface area (Å²) in [4.78, 5) is 11.8. The lowest BCUT2D eigenvalue weighted by Gasteiger charge is -1.98. The smallest absolute Gasteiger partial charge is 0.196 e. The van der Waals surface area contributed by atoms with E-state index >= 15 is 0 Å². The van der Waals surface area contributed by atoms with Gasteiger partial charge in [0.2, 0.25) is 0 Å². The summed E-state index contributed by atoms with van der Waals surface area (Å²) in [5.41, 5.74) is 0.251. The van der Waals surface area contributed by atoms with Gasteiger partial charge >= 0.3 is 0 Å². The predicted molar refractivity (Wildman–Crippen MR) is 53.2 cm³/mol. The average Bonchev–Trinajstić information content (AvgIpc) is 2.62. The van der Waals surface area contributed by atoms with E-state index in [-0.39, 0.29) is 11.1 Å². The lowest BCUT2D eigenvalue weighted by atomic mass is 10.1. The van der Waals surface area contributed by atoms with E-state index in [4.69, 9.17) is 4.42 Å². The molecule has 0 fully saturated rings. The molecule has 0 aliphatic carbocycles. The van der Waals surface area contributed by atoms with Gasteiger partial charge in [-0.25, -0.2) is 8.78 Å². The molecular weight excluding hydrogens is 214 g/mol. The van der Waals surface area contributed by atoms with Crippen LogP contribution in [0.5, 0.6) is 0 Å². The van der Waals surface area contributed by atoms with Crippen molar-refractivity contribution in [1.82, 2.24) is 0 Å². The molecule has 0 atom stereocenters. The van der Waals surface area contributed by atoms with Crippen LogP contribution in [0.4, 0.5) is 8.78 Å². The predicted octanol–water partition coefficient (Wildman–Crippen LogP) is 3.10. The molecular formula is C12H8F2O2. The molecule has 0 unspecified atom stereocenters. The highest BCUT2D eigenvalue weighted by Crippen LogP contribution is 2.15. The second-order valence-electron chi connectivity index (χ2n) is 3.43. The lowest BCUT2D eigenvalue weighted by molar-refractivity contribution is 0.103. The molecule has 82 valence electrons. The molecule has 2 rings (SSSR count). The normalized spacial score (nSPS) is 10.4. The van der Waals surface area contributed by atoms with Crippen LogP contribution in [0.15, 0.2) is 34.9 Å². The SMILES string of the molecule is Cc1cc(C(=O)c2cc(F)cc(F)c2)co1. The molecule has 0 bridgehead atoms. The van der Waals surface area contributed by atoms with Gasteiger partial charge in [-0.3, -0.25) is 4.79 Å². The molecule has 2 nitrogen and oxygen atoms in total. The summed E-state index contributed by atoms with van der Waals surface area (Å²) in [5.74, 6) is -1.44. The monoisotopic (exact) mass is 222 g/mol. The van der Waals surface area contributed by atoms with E-state index in [1.54, 1.807) is 6.92 Å². The van der Waals surface area contributed by atoms with E-state index in [1.807, 2.05) is 0 Å². The molecule has 0 amide bonds. The molecule has 0 radical (unpaired) electrons. The van der Waals surface area contributed by atoms with Crippen molar-refractivity contribution in [1.29, 1.82) is 0 Å². The molecule has 16 heavy (non-hydrogen) atoms. The minimum atomic E-state index is -0.774. The maximum Gasteiger partial charge on any atom is 0.196 e. The first-order valence-electron chi connectivity index (χ1n) is 4.62. The van der Waals surface area contributed by atoms with Gasteiger partial charge in [-0.05, 0) is 25.1 Å². The average molecular weight is 222 g/mol. The van der Waals surface area contributed by atoms with E-state index in [2.05, 4.69) is 0 Å². The minimum Gasteiger partial charge on any atom is -0.469 e. The van der Waals surface area contributed by atoms with Crippen LogP contribution >= 0.6 is 0 Å². The number of hydrogen-bond acceptors (Lipinski definition) is 2. The fraction of sp³-hybridized carbons (Fsp3) is 0.0833. The number of furan rings is 1. The Labute approximate surface area is 90.5 Å². The van der Waals surface area contributed by atoms with Crippen LogP contribution in [0.1, 0.15) is 21.7 Å². The van der Waals surface area contributed by atoms with Gasteiger partial charge < -0.3 is 4.42 Å². The molecule has 1 heterocycles. The summed E-state index contributed by atoms with van der Waals surface area (Å²) in [6, 6.07) is 4.23. The van der Waals surface area contributed by atoms with Gasteiger partial charge in [0, 0.05) is 11.6 Å². The van der Waals surface area contributed by atoms with Gasteiger partial charge in [0.25, 0.3) is 0 Å². The van der Waals surface area contributed by atoms with Crippen molar-refractivity contribution in [3.63, 3.8) is 0 Å². The molecule has 0 spiro atoms. The minimum absolute atomic E-state index is 0.0294. The van der Waals surface area contributed by atoms with E-state index < -0.39 is 17.4 Å². The highest BCUT2D eigenvalue weighted by Gasteiger charge is 2.13. The van der Waals surface area contributed by atoms with Crippen molar-refractivity contribution >= 4 is 5.78 Å². The summed E-state index contributed by atoms with van der Waals surface area (Å²) >= 11 is 0. The zero-order chi connectivity index (χ0) is 11.7. The number of rotatable bonds is 2. The highest BCUT2D eigenvalue weighted by molar-refractivity contribution is 6.08. The van der Waals surface area contributed by atoms with Crippen molar-refractivity contribution in [2.75, 3.05) is 0 Å². The van der Waals surface area contributed by atoms with Crippen LogP contribution in [0.2, 0.25) is 0 Å². The fourth-order valence-electron chi connectivity index (χ4n) is 1.41. The molecule has 1 aromatic carbocycles. The molecule has 0 aliphatic heterocycles. The van der Waals surface area contributed by atoms with Crippen molar-refractivity contribution in [2.45, 2.75) is 6.92 Å². The first kappa shape index (κ1) is 10.5. The van der Waals surface area contributed by atoms with E-state index in [0.29, 0.717) is 5.76 Å². The van der Waals surface area contributed by atoms with Crippen LogP contribution in [0.25, 0.3) is 0 Å². The Morgan fingerprint density at radius 3 is 2.19 bits per heavy atom. The molecule has 0 N–H and O–H groups in total. The number of aryl methyl sites for hydroxylation is 1.